The number of primary sulfonamides is 1. The van der Waals surface area contributed by atoms with Gasteiger partial charge in [0.15, 0.2) is 0 Å². The van der Waals surface area contributed by atoms with Gasteiger partial charge in [-0.1, -0.05) is 33.2 Å². The van der Waals surface area contributed by atoms with Crippen LogP contribution in [0.15, 0.2) is 50.3 Å². The molecule has 130 valence electrons. The molecule has 3 rings (SSSR count). The first kappa shape index (κ1) is 17.7. The van der Waals surface area contributed by atoms with Crippen LogP contribution in [-0.2, 0) is 10.0 Å². The standard InChI is InChI=1S/C16H11BrF2N2O3S/c1-8-15(16(21-24-8)9-3-2-4-10(17)5-9)11-6-13(19)14(7-12(11)18)25(20,22)23/h2-7H,1H3,(H2,20,22,23). The van der Waals surface area contributed by atoms with Crippen LogP contribution in [0.4, 0.5) is 8.78 Å². The summed E-state index contributed by atoms with van der Waals surface area (Å²) in [5.74, 6) is -1.84. The number of aromatic nitrogens is 1. The maximum atomic E-state index is 14.5. The highest BCUT2D eigenvalue weighted by molar-refractivity contribution is 9.10. The van der Waals surface area contributed by atoms with Crippen LogP contribution in [0, 0.1) is 18.6 Å². The van der Waals surface area contributed by atoms with Crippen molar-refractivity contribution in [1.82, 2.24) is 5.16 Å². The van der Waals surface area contributed by atoms with Gasteiger partial charge in [-0.25, -0.2) is 22.3 Å². The lowest BCUT2D eigenvalue weighted by molar-refractivity contribution is 0.400. The zero-order valence-electron chi connectivity index (χ0n) is 12.8. The third kappa shape index (κ3) is 3.35. The molecular weight excluding hydrogens is 418 g/mol. The van der Waals surface area contributed by atoms with E-state index in [1.165, 1.54) is 0 Å². The number of aryl methyl sites for hydroxylation is 1. The van der Waals surface area contributed by atoms with Gasteiger partial charge in [-0.3, -0.25) is 0 Å². The second kappa shape index (κ2) is 6.32. The summed E-state index contributed by atoms with van der Waals surface area (Å²) in [4.78, 5) is -0.910. The number of nitrogens with zero attached hydrogens (tertiary/aromatic N) is 1. The molecule has 0 aliphatic carbocycles. The molecule has 0 saturated carbocycles. The molecule has 0 aliphatic heterocycles. The fourth-order valence-electron chi connectivity index (χ4n) is 2.46. The molecule has 3 aromatic rings. The quantitative estimate of drug-likeness (QED) is 0.682. The van der Waals surface area contributed by atoms with Gasteiger partial charge in [0.05, 0.1) is 5.56 Å². The second-order valence-electron chi connectivity index (χ2n) is 5.28. The van der Waals surface area contributed by atoms with Crippen molar-refractivity contribution in [2.24, 2.45) is 5.14 Å². The predicted molar refractivity (Wildman–Crippen MR) is 91.1 cm³/mol. The molecule has 0 spiro atoms. The molecule has 25 heavy (non-hydrogen) atoms. The number of halogens is 3. The minimum absolute atomic E-state index is 0.168. The van der Waals surface area contributed by atoms with Crippen LogP contribution < -0.4 is 5.14 Å². The molecular formula is C16H11BrF2N2O3S. The SMILES string of the molecule is Cc1onc(-c2cccc(Br)c2)c1-c1cc(F)c(S(N)(=O)=O)cc1F. The minimum Gasteiger partial charge on any atom is -0.360 e. The molecule has 0 radical (unpaired) electrons. The van der Waals surface area contributed by atoms with E-state index in [-0.39, 0.29) is 16.9 Å². The van der Waals surface area contributed by atoms with Crippen LogP contribution in [-0.4, -0.2) is 13.6 Å². The van der Waals surface area contributed by atoms with Crippen molar-refractivity contribution in [3.8, 4) is 22.4 Å². The predicted octanol–water partition coefficient (Wildman–Crippen LogP) is 4.01. The topological polar surface area (TPSA) is 86.2 Å². The van der Waals surface area contributed by atoms with E-state index in [1.54, 1.807) is 31.2 Å². The summed E-state index contributed by atoms with van der Waals surface area (Å²) in [6.07, 6.45) is 0. The summed E-state index contributed by atoms with van der Waals surface area (Å²) in [5, 5.41) is 8.81. The Kier molecular flexibility index (Phi) is 4.48. The lowest BCUT2D eigenvalue weighted by Crippen LogP contribution is -2.14. The van der Waals surface area contributed by atoms with Crippen LogP contribution in [0.1, 0.15) is 5.76 Å². The van der Waals surface area contributed by atoms with E-state index < -0.39 is 26.6 Å². The highest BCUT2D eigenvalue weighted by atomic mass is 79.9. The number of hydrogen-bond acceptors (Lipinski definition) is 4. The van der Waals surface area contributed by atoms with E-state index in [1.807, 2.05) is 0 Å². The molecule has 9 heteroatoms. The number of rotatable bonds is 3. The molecule has 0 atom stereocenters. The van der Waals surface area contributed by atoms with Crippen molar-refractivity contribution in [2.75, 3.05) is 0 Å². The van der Waals surface area contributed by atoms with Crippen LogP contribution in [0.3, 0.4) is 0 Å². The van der Waals surface area contributed by atoms with Gasteiger partial charge in [-0.05, 0) is 31.2 Å². The van der Waals surface area contributed by atoms with Crippen molar-refractivity contribution in [3.63, 3.8) is 0 Å². The Bertz CT molecular complexity index is 1080. The normalized spacial score (nSPS) is 11.7. The molecule has 0 unspecified atom stereocenters. The summed E-state index contributed by atoms with van der Waals surface area (Å²) >= 11 is 3.33. The molecule has 0 aliphatic rings. The van der Waals surface area contributed by atoms with Crippen LogP contribution in [0.25, 0.3) is 22.4 Å². The number of benzene rings is 2. The molecule has 0 fully saturated rings. The van der Waals surface area contributed by atoms with E-state index in [0.29, 0.717) is 17.3 Å². The van der Waals surface area contributed by atoms with E-state index in [9.17, 15) is 17.2 Å². The fourth-order valence-corrected chi connectivity index (χ4v) is 3.46. The van der Waals surface area contributed by atoms with Crippen LogP contribution >= 0.6 is 15.9 Å². The fraction of sp³-hybridized carbons (Fsp3) is 0.0625. The summed E-state index contributed by atoms with van der Waals surface area (Å²) < 4.78 is 57.3. The lowest BCUT2D eigenvalue weighted by atomic mass is 9.99. The Balaban J connectivity index is 2.25. The minimum atomic E-state index is -4.38. The molecule has 1 heterocycles. The molecule has 0 saturated heterocycles. The Morgan fingerprint density at radius 1 is 1.16 bits per heavy atom. The number of hydrogen-bond donors (Lipinski definition) is 1. The zero-order chi connectivity index (χ0) is 18.4. The average Bonchev–Trinajstić information content (AvgIpc) is 2.90. The highest BCUT2D eigenvalue weighted by Crippen LogP contribution is 2.37. The maximum absolute atomic E-state index is 14.5. The van der Waals surface area contributed by atoms with Crippen molar-refractivity contribution in [3.05, 3.63) is 58.3 Å². The molecule has 2 aromatic carbocycles. The van der Waals surface area contributed by atoms with E-state index >= 15 is 0 Å². The lowest BCUT2D eigenvalue weighted by Gasteiger charge is -2.08. The molecule has 1 aromatic heterocycles. The molecule has 0 bridgehead atoms. The van der Waals surface area contributed by atoms with E-state index in [2.05, 4.69) is 21.1 Å². The van der Waals surface area contributed by atoms with Gasteiger partial charge >= 0.3 is 0 Å². The Morgan fingerprint density at radius 2 is 1.88 bits per heavy atom. The van der Waals surface area contributed by atoms with Gasteiger partial charge in [0.2, 0.25) is 10.0 Å². The molecule has 0 amide bonds. The summed E-state index contributed by atoms with van der Waals surface area (Å²) in [5.41, 5.74) is 0.992. The van der Waals surface area contributed by atoms with Crippen LogP contribution in [0.2, 0.25) is 0 Å². The third-order valence-corrected chi connectivity index (χ3v) is 4.98. The van der Waals surface area contributed by atoms with Gasteiger partial charge in [0.1, 0.15) is 28.0 Å². The van der Waals surface area contributed by atoms with Crippen molar-refractivity contribution in [2.45, 2.75) is 11.8 Å². The van der Waals surface area contributed by atoms with Crippen LogP contribution in [0.5, 0.6) is 0 Å². The third-order valence-electron chi connectivity index (χ3n) is 3.56. The first-order valence-electron chi connectivity index (χ1n) is 6.93. The van der Waals surface area contributed by atoms with Gasteiger partial charge in [0, 0.05) is 15.6 Å². The van der Waals surface area contributed by atoms with E-state index in [4.69, 9.17) is 9.66 Å². The van der Waals surface area contributed by atoms with E-state index in [0.717, 1.165) is 10.5 Å². The highest BCUT2D eigenvalue weighted by Gasteiger charge is 2.24. The van der Waals surface area contributed by atoms with Crippen molar-refractivity contribution < 1.29 is 21.7 Å². The molecule has 5 nitrogen and oxygen atoms in total. The average molecular weight is 429 g/mol. The molecule has 2 N–H and O–H groups in total. The zero-order valence-corrected chi connectivity index (χ0v) is 15.2. The van der Waals surface area contributed by atoms with Crippen molar-refractivity contribution in [1.29, 1.82) is 0 Å². The maximum Gasteiger partial charge on any atom is 0.241 e. The Labute approximate surface area is 150 Å². The summed E-state index contributed by atoms with van der Waals surface area (Å²) in [6.45, 7) is 1.55. The Morgan fingerprint density at radius 3 is 2.52 bits per heavy atom. The number of sulfonamides is 1. The smallest absolute Gasteiger partial charge is 0.241 e. The number of nitrogens with two attached hydrogens (primary N) is 1. The van der Waals surface area contributed by atoms with Gasteiger partial charge in [-0.2, -0.15) is 0 Å². The second-order valence-corrected chi connectivity index (χ2v) is 7.73. The monoisotopic (exact) mass is 428 g/mol. The largest absolute Gasteiger partial charge is 0.360 e. The van der Waals surface area contributed by atoms with Gasteiger partial charge in [0.25, 0.3) is 0 Å². The van der Waals surface area contributed by atoms with Crippen molar-refractivity contribution >= 4 is 26.0 Å². The first-order chi connectivity index (χ1) is 11.7. The Hall–Kier alpha value is -2.10. The summed E-state index contributed by atoms with van der Waals surface area (Å²) in [7, 11) is -4.38. The van der Waals surface area contributed by atoms with Gasteiger partial charge in [-0.15, -0.1) is 0 Å². The first-order valence-corrected chi connectivity index (χ1v) is 9.27. The summed E-state index contributed by atoms with van der Waals surface area (Å²) in [6, 6.07) is 8.37. The van der Waals surface area contributed by atoms with Gasteiger partial charge < -0.3 is 4.52 Å².